The van der Waals surface area contributed by atoms with Gasteiger partial charge in [0.1, 0.15) is 0 Å². The number of hydrogen-bond acceptors (Lipinski definition) is 3. The number of hydrogen-bond donors (Lipinski definition) is 2. The SMILES string of the molecule is COCC(C)(C)NC(=O)c1ccc(C#CCCO)c(Cl)c1. The van der Waals surface area contributed by atoms with Crippen LogP contribution in [0.5, 0.6) is 0 Å². The van der Waals surface area contributed by atoms with Crippen molar-refractivity contribution in [1.82, 2.24) is 5.32 Å². The number of benzene rings is 1. The van der Waals surface area contributed by atoms with Crippen molar-refractivity contribution in [2.75, 3.05) is 20.3 Å². The molecule has 1 aromatic carbocycles. The largest absolute Gasteiger partial charge is 0.395 e. The molecule has 0 aliphatic heterocycles. The highest BCUT2D eigenvalue weighted by atomic mass is 35.5. The summed E-state index contributed by atoms with van der Waals surface area (Å²) in [5, 5.41) is 12.0. The molecule has 0 aliphatic carbocycles. The smallest absolute Gasteiger partial charge is 0.251 e. The highest BCUT2D eigenvalue weighted by Crippen LogP contribution is 2.17. The van der Waals surface area contributed by atoms with Crippen LogP contribution in [-0.4, -0.2) is 36.9 Å². The zero-order chi connectivity index (χ0) is 15.9. The Balaban J connectivity index is 2.84. The molecule has 2 N–H and O–H groups in total. The topological polar surface area (TPSA) is 58.6 Å². The van der Waals surface area contributed by atoms with Crippen molar-refractivity contribution in [2.45, 2.75) is 25.8 Å². The second-order valence-electron chi connectivity index (χ2n) is 5.24. The summed E-state index contributed by atoms with van der Waals surface area (Å²) in [6.45, 7) is 4.19. The maximum absolute atomic E-state index is 12.2. The lowest BCUT2D eigenvalue weighted by atomic mass is 10.1. The number of aliphatic hydroxyl groups is 1. The Bertz CT molecular complexity index is 558. The molecule has 0 saturated heterocycles. The van der Waals surface area contributed by atoms with Gasteiger partial charge in [-0.2, -0.15) is 0 Å². The van der Waals surface area contributed by atoms with Gasteiger partial charge in [0.2, 0.25) is 0 Å². The van der Waals surface area contributed by atoms with Crippen LogP contribution in [0.25, 0.3) is 0 Å². The number of aliphatic hydroxyl groups excluding tert-OH is 1. The van der Waals surface area contributed by atoms with E-state index in [9.17, 15) is 4.79 Å². The lowest BCUT2D eigenvalue weighted by Gasteiger charge is -2.25. The Morgan fingerprint density at radius 2 is 2.19 bits per heavy atom. The van der Waals surface area contributed by atoms with E-state index in [2.05, 4.69) is 17.2 Å². The summed E-state index contributed by atoms with van der Waals surface area (Å²) in [6, 6.07) is 4.96. The van der Waals surface area contributed by atoms with Gasteiger partial charge in [-0.25, -0.2) is 0 Å². The van der Waals surface area contributed by atoms with Gasteiger partial charge in [0.25, 0.3) is 5.91 Å². The number of carbonyl (C=O) groups excluding carboxylic acids is 1. The second kappa shape index (κ2) is 8.04. The van der Waals surface area contributed by atoms with Crippen molar-refractivity contribution in [3.8, 4) is 11.8 Å². The first-order chi connectivity index (χ1) is 9.89. The second-order valence-corrected chi connectivity index (χ2v) is 5.65. The minimum Gasteiger partial charge on any atom is -0.395 e. The van der Waals surface area contributed by atoms with Crippen LogP contribution in [0.2, 0.25) is 5.02 Å². The molecule has 0 radical (unpaired) electrons. The van der Waals surface area contributed by atoms with Gasteiger partial charge in [0.05, 0.1) is 23.8 Å². The summed E-state index contributed by atoms with van der Waals surface area (Å²) in [7, 11) is 1.59. The molecule has 0 aromatic heterocycles. The lowest BCUT2D eigenvalue weighted by Crippen LogP contribution is -2.46. The molecule has 1 aromatic rings. The molecule has 114 valence electrons. The fraction of sp³-hybridized carbons (Fsp3) is 0.438. The number of ether oxygens (including phenoxy) is 1. The maximum atomic E-state index is 12.2. The molecule has 1 rings (SSSR count). The fourth-order valence-corrected chi connectivity index (χ4v) is 1.98. The summed E-state index contributed by atoms with van der Waals surface area (Å²) in [5.74, 6) is 5.44. The first-order valence-electron chi connectivity index (χ1n) is 6.60. The molecule has 4 nitrogen and oxygen atoms in total. The number of rotatable bonds is 5. The average Bonchev–Trinajstić information content (AvgIpc) is 2.40. The Kier molecular flexibility index (Phi) is 6.70. The van der Waals surface area contributed by atoms with E-state index in [0.29, 0.717) is 29.2 Å². The van der Waals surface area contributed by atoms with Crippen molar-refractivity contribution in [3.63, 3.8) is 0 Å². The predicted molar refractivity (Wildman–Crippen MR) is 83.5 cm³/mol. The Morgan fingerprint density at radius 1 is 1.48 bits per heavy atom. The van der Waals surface area contributed by atoms with Crippen molar-refractivity contribution in [2.24, 2.45) is 0 Å². The lowest BCUT2D eigenvalue weighted by molar-refractivity contribution is 0.0820. The summed E-state index contributed by atoms with van der Waals surface area (Å²) in [4.78, 5) is 12.2. The van der Waals surface area contributed by atoms with Gasteiger partial charge in [-0.05, 0) is 32.0 Å². The fourth-order valence-electron chi connectivity index (χ4n) is 1.75. The molecular formula is C16H20ClNO3. The van der Waals surface area contributed by atoms with Gasteiger partial charge in [0, 0.05) is 24.7 Å². The third-order valence-electron chi connectivity index (χ3n) is 2.65. The molecular weight excluding hydrogens is 290 g/mol. The van der Waals surface area contributed by atoms with Crippen LogP contribution in [-0.2, 0) is 4.74 Å². The van der Waals surface area contributed by atoms with Gasteiger partial charge in [-0.15, -0.1) is 0 Å². The quantitative estimate of drug-likeness (QED) is 0.820. The standard InChI is InChI=1S/C16H20ClNO3/c1-16(2,11-21-3)18-15(20)13-8-7-12(14(17)10-13)6-4-5-9-19/h7-8,10,19H,5,9,11H2,1-3H3,(H,18,20). The first kappa shape index (κ1) is 17.5. The van der Waals surface area contributed by atoms with E-state index in [4.69, 9.17) is 21.4 Å². The van der Waals surface area contributed by atoms with E-state index in [1.54, 1.807) is 25.3 Å². The number of amides is 1. The summed E-state index contributed by atoms with van der Waals surface area (Å²) < 4.78 is 5.06. The number of nitrogens with one attached hydrogen (secondary N) is 1. The van der Waals surface area contributed by atoms with E-state index in [0.717, 1.165) is 0 Å². The summed E-state index contributed by atoms with van der Waals surface area (Å²) >= 11 is 6.12. The Labute approximate surface area is 130 Å². The molecule has 0 spiro atoms. The molecule has 0 bridgehead atoms. The maximum Gasteiger partial charge on any atom is 0.251 e. The molecule has 5 heteroatoms. The monoisotopic (exact) mass is 309 g/mol. The van der Waals surface area contributed by atoms with E-state index >= 15 is 0 Å². The number of carbonyl (C=O) groups is 1. The van der Waals surface area contributed by atoms with Gasteiger partial charge in [-0.3, -0.25) is 4.79 Å². The Morgan fingerprint density at radius 3 is 2.76 bits per heavy atom. The molecule has 1 amide bonds. The van der Waals surface area contributed by atoms with Gasteiger partial charge in [0.15, 0.2) is 0 Å². The molecule has 0 fully saturated rings. The molecule has 0 unspecified atom stereocenters. The third kappa shape index (κ3) is 5.76. The van der Waals surface area contributed by atoms with Crippen molar-refractivity contribution in [1.29, 1.82) is 0 Å². The molecule has 21 heavy (non-hydrogen) atoms. The molecule has 0 saturated carbocycles. The number of halogens is 1. The minimum atomic E-state index is -0.460. The van der Waals surface area contributed by atoms with Crippen molar-refractivity contribution >= 4 is 17.5 Å². The van der Waals surface area contributed by atoms with Crippen LogP contribution >= 0.6 is 11.6 Å². The van der Waals surface area contributed by atoms with Crippen LogP contribution in [0.4, 0.5) is 0 Å². The van der Waals surface area contributed by atoms with Crippen LogP contribution in [0.3, 0.4) is 0 Å². The summed E-state index contributed by atoms with van der Waals surface area (Å²) in [6.07, 6.45) is 0.393. The minimum absolute atomic E-state index is 0.0136. The van der Waals surface area contributed by atoms with Crippen LogP contribution in [0.1, 0.15) is 36.2 Å². The van der Waals surface area contributed by atoms with Crippen LogP contribution in [0, 0.1) is 11.8 Å². The predicted octanol–water partition coefficient (Wildman–Crippen LogP) is 2.23. The highest BCUT2D eigenvalue weighted by molar-refractivity contribution is 6.32. The van der Waals surface area contributed by atoms with Gasteiger partial charge >= 0.3 is 0 Å². The molecule has 0 heterocycles. The highest BCUT2D eigenvalue weighted by Gasteiger charge is 2.21. The van der Waals surface area contributed by atoms with Crippen molar-refractivity contribution < 1.29 is 14.6 Å². The zero-order valence-electron chi connectivity index (χ0n) is 12.5. The third-order valence-corrected chi connectivity index (χ3v) is 2.96. The van der Waals surface area contributed by atoms with E-state index in [-0.39, 0.29) is 12.5 Å². The number of methoxy groups -OCH3 is 1. The van der Waals surface area contributed by atoms with Gasteiger partial charge in [-0.1, -0.05) is 23.4 Å². The molecule has 0 aliphatic rings. The average molecular weight is 310 g/mol. The van der Waals surface area contributed by atoms with Gasteiger partial charge < -0.3 is 15.2 Å². The van der Waals surface area contributed by atoms with E-state index < -0.39 is 5.54 Å². The Hall–Kier alpha value is -1.54. The van der Waals surface area contributed by atoms with Crippen LogP contribution < -0.4 is 5.32 Å². The van der Waals surface area contributed by atoms with Crippen LogP contribution in [0.15, 0.2) is 18.2 Å². The first-order valence-corrected chi connectivity index (χ1v) is 6.98. The van der Waals surface area contributed by atoms with E-state index in [1.165, 1.54) is 0 Å². The zero-order valence-corrected chi connectivity index (χ0v) is 13.3. The normalized spacial score (nSPS) is 10.7. The summed E-state index contributed by atoms with van der Waals surface area (Å²) in [5.41, 5.74) is 0.646. The molecule has 0 atom stereocenters. The van der Waals surface area contributed by atoms with Crippen molar-refractivity contribution in [3.05, 3.63) is 34.3 Å². The van der Waals surface area contributed by atoms with E-state index in [1.807, 2.05) is 13.8 Å².